The minimum absolute atomic E-state index is 0.438. The Hall–Kier alpha value is -1.73. The first kappa shape index (κ1) is 13.3. The van der Waals surface area contributed by atoms with Crippen molar-refractivity contribution in [3.63, 3.8) is 0 Å². The Kier molecular flexibility index (Phi) is 5.21. The highest BCUT2D eigenvalue weighted by Crippen LogP contribution is 2.05. The molecule has 7 heteroatoms. The lowest BCUT2D eigenvalue weighted by Gasteiger charge is -2.13. The summed E-state index contributed by atoms with van der Waals surface area (Å²) in [7, 11) is 0. The number of hydrogen-bond donors (Lipinski definition) is 1. The van der Waals surface area contributed by atoms with Crippen molar-refractivity contribution in [2.45, 2.75) is 19.4 Å². The second-order valence-corrected chi connectivity index (χ2v) is 2.95. The van der Waals surface area contributed by atoms with Crippen LogP contribution in [0.1, 0.15) is 13.8 Å². The van der Waals surface area contributed by atoms with Crippen molar-refractivity contribution < 1.29 is 34.3 Å². The predicted octanol–water partition coefficient (Wildman–Crippen LogP) is 0.0111. The molecule has 0 bridgehead atoms. The zero-order valence-electron chi connectivity index (χ0n) is 8.13. The fourth-order valence-corrected chi connectivity index (χ4v) is 0.325. The average molecular weight is 218 g/mol. The largest absolute Gasteiger partial charge is 0.478 e. The summed E-state index contributed by atoms with van der Waals surface area (Å²) < 4.78 is 0. The Labute approximate surface area is 85.1 Å². The number of rotatable bonds is 6. The predicted molar refractivity (Wildman–Crippen MR) is 45.2 cm³/mol. The van der Waals surface area contributed by atoms with Crippen LogP contribution in [0.5, 0.6) is 0 Å². The van der Waals surface area contributed by atoms with Crippen LogP contribution in [0.3, 0.4) is 0 Å². The molecule has 7 nitrogen and oxygen atoms in total. The number of carbonyl (C=O) groups is 3. The van der Waals surface area contributed by atoms with E-state index in [1.807, 2.05) is 0 Å². The highest BCUT2D eigenvalue weighted by atomic mass is 17.5. The molecule has 0 heterocycles. The minimum Gasteiger partial charge on any atom is -0.478 e. The van der Waals surface area contributed by atoms with Crippen LogP contribution in [0.2, 0.25) is 0 Å². The number of carboxylic acid groups (broad SMARTS) is 1. The molecule has 15 heavy (non-hydrogen) atoms. The van der Waals surface area contributed by atoms with E-state index in [-0.39, 0.29) is 0 Å². The monoisotopic (exact) mass is 218 g/mol. The summed E-state index contributed by atoms with van der Waals surface area (Å²) in [5, 5.41) is 12.1. The topological polar surface area (TPSA) is 99.1 Å². The standard InChI is InChI=1S/C8H10O7/c1-8(2,5-9)14-15-13-7(12)4-3-6(10)11/h3-5H,1-2H3,(H,10,11)/b4-3-. The van der Waals surface area contributed by atoms with E-state index in [0.717, 1.165) is 0 Å². The second-order valence-electron chi connectivity index (χ2n) is 2.95. The molecule has 0 fully saturated rings. The van der Waals surface area contributed by atoms with Crippen LogP contribution in [-0.4, -0.2) is 28.9 Å². The van der Waals surface area contributed by atoms with Crippen molar-refractivity contribution in [2.75, 3.05) is 0 Å². The third-order valence-electron chi connectivity index (χ3n) is 1.01. The van der Waals surface area contributed by atoms with Crippen molar-refractivity contribution >= 4 is 18.2 Å². The van der Waals surface area contributed by atoms with E-state index in [1.54, 1.807) is 0 Å². The van der Waals surface area contributed by atoms with Crippen molar-refractivity contribution in [1.29, 1.82) is 0 Å². The third-order valence-corrected chi connectivity index (χ3v) is 1.01. The Balaban J connectivity index is 3.83. The molecule has 0 aliphatic rings. The molecular weight excluding hydrogens is 208 g/mol. The molecular formula is C8H10O7. The molecule has 0 aliphatic heterocycles. The Morgan fingerprint density at radius 3 is 2.33 bits per heavy atom. The van der Waals surface area contributed by atoms with Gasteiger partial charge in [-0.25, -0.2) is 9.59 Å². The van der Waals surface area contributed by atoms with Gasteiger partial charge in [0.1, 0.15) is 0 Å². The summed E-state index contributed by atoms with van der Waals surface area (Å²) in [5.74, 6) is -2.37. The molecule has 0 aromatic heterocycles. The SMILES string of the molecule is CC(C)(C=O)OOOC(=O)/C=C\C(=O)O. The van der Waals surface area contributed by atoms with Gasteiger partial charge in [0.05, 0.1) is 0 Å². The Morgan fingerprint density at radius 2 is 1.87 bits per heavy atom. The van der Waals surface area contributed by atoms with E-state index in [2.05, 4.69) is 14.8 Å². The van der Waals surface area contributed by atoms with Crippen LogP contribution in [0.25, 0.3) is 0 Å². The lowest BCUT2D eigenvalue weighted by Crippen LogP contribution is -2.26. The third kappa shape index (κ3) is 7.35. The van der Waals surface area contributed by atoms with Crippen LogP contribution in [0.15, 0.2) is 12.2 Å². The average Bonchev–Trinajstić information content (AvgIpc) is 2.14. The lowest BCUT2D eigenvalue weighted by atomic mass is 10.2. The van der Waals surface area contributed by atoms with Crippen LogP contribution in [-0.2, 0) is 29.2 Å². The molecule has 1 N–H and O–H groups in total. The van der Waals surface area contributed by atoms with Crippen LogP contribution >= 0.6 is 0 Å². The summed E-state index contributed by atoms with van der Waals surface area (Å²) in [6, 6.07) is 0. The van der Waals surface area contributed by atoms with E-state index < -0.39 is 17.5 Å². The van der Waals surface area contributed by atoms with Gasteiger partial charge in [-0.2, -0.15) is 4.89 Å². The summed E-state index contributed by atoms with van der Waals surface area (Å²) in [6.07, 6.45) is 1.63. The number of hydrogen-bond acceptors (Lipinski definition) is 6. The Bertz CT molecular complexity index is 279. The van der Waals surface area contributed by atoms with Gasteiger partial charge in [0.2, 0.25) is 0 Å². The molecule has 0 rings (SSSR count). The van der Waals surface area contributed by atoms with Gasteiger partial charge >= 0.3 is 11.9 Å². The normalized spacial score (nSPS) is 11.3. The van der Waals surface area contributed by atoms with Crippen molar-refractivity contribution in [1.82, 2.24) is 0 Å². The highest BCUT2D eigenvalue weighted by molar-refractivity contribution is 5.90. The van der Waals surface area contributed by atoms with E-state index in [0.29, 0.717) is 18.4 Å². The number of aliphatic carboxylic acids is 1. The van der Waals surface area contributed by atoms with E-state index in [1.165, 1.54) is 13.8 Å². The lowest BCUT2D eigenvalue weighted by molar-refractivity contribution is -0.507. The molecule has 0 aromatic rings. The van der Waals surface area contributed by atoms with Crippen molar-refractivity contribution in [3.8, 4) is 0 Å². The van der Waals surface area contributed by atoms with Gasteiger partial charge in [-0.05, 0) is 18.9 Å². The van der Waals surface area contributed by atoms with E-state index in [4.69, 9.17) is 5.11 Å². The van der Waals surface area contributed by atoms with Gasteiger partial charge in [-0.1, -0.05) is 0 Å². The maximum Gasteiger partial charge on any atom is 0.369 e. The summed E-state index contributed by atoms with van der Waals surface area (Å²) in [5.41, 5.74) is -1.25. The van der Waals surface area contributed by atoms with Gasteiger partial charge in [0.25, 0.3) is 0 Å². The van der Waals surface area contributed by atoms with Crippen LogP contribution in [0, 0.1) is 0 Å². The zero-order valence-corrected chi connectivity index (χ0v) is 8.13. The first-order valence-corrected chi connectivity index (χ1v) is 3.81. The molecule has 0 spiro atoms. The molecule has 0 radical (unpaired) electrons. The zero-order chi connectivity index (χ0) is 11.9. The van der Waals surface area contributed by atoms with Crippen LogP contribution in [0.4, 0.5) is 0 Å². The molecule has 0 aromatic carbocycles. The van der Waals surface area contributed by atoms with Gasteiger partial charge < -0.3 is 9.90 Å². The Morgan fingerprint density at radius 1 is 1.27 bits per heavy atom. The fraction of sp³-hybridized carbons (Fsp3) is 0.375. The van der Waals surface area contributed by atoms with Crippen molar-refractivity contribution in [3.05, 3.63) is 12.2 Å². The molecule has 0 unspecified atom stereocenters. The molecule has 0 saturated heterocycles. The molecule has 0 aliphatic carbocycles. The highest BCUT2D eigenvalue weighted by Gasteiger charge is 2.19. The van der Waals surface area contributed by atoms with Gasteiger partial charge in [-0.15, -0.1) is 0 Å². The first-order valence-electron chi connectivity index (χ1n) is 3.81. The minimum atomic E-state index is -1.30. The van der Waals surface area contributed by atoms with Gasteiger partial charge in [-0.3, -0.25) is 4.89 Å². The molecule has 84 valence electrons. The van der Waals surface area contributed by atoms with Gasteiger partial charge in [0.15, 0.2) is 11.9 Å². The molecule has 0 atom stereocenters. The smallest absolute Gasteiger partial charge is 0.369 e. The van der Waals surface area contributed by atoms with Gasteiger partial charge in [0, 0.05) is 12.2 Å². The summed E-state index contributed by atoms with van der Waals surface area (Å²) in [6.45, 7) is 2.75. The number of carbonyl (C=O) groups excluding carboxylic acids is 2. The van der Waals surface area contributed by atoms with E-state index in [9.17, 15) is 14.4 Å². The maximum atomic E-state index is 10.7. The summed E-state index contributed by atoms with van der Waals surface area (Å²) >= 11 is 0. The quantitative estimate of drug-likeness (QED) is 0.290. The molecule has 0 amide bonds. The van der Waals surface area contributed by atoms with Crippen LogP contribution < -0.4 is 0 Å². The summed E-state index contributed by atoms with van der Waals surface area (Å²) in [4.78, 5) is 39.2. The fourth-order valence-electron chi connectivity index (χ4n) is 0.325. The second kappa shape index (κ2) is 5.89. The number of aldehydes is 1. The van der Waals surface area contributed by atoms with E-state index >= 15 is 0 Å². The maximum absolute atomic E-state index is 10.7. The first-order chi connectivity index (χ1) is 6.87. The molecule has 0 saturated carbocycles. The van der Waals surface area contributed by atoms with Crippen molar-refractivity contribution in [2.24, 2.45) is 0 Å². The number of carboxylic acids is 1.